The van der Waals surface area contributed by atoms with Gasteiger partial charge < -0.3 is 5.73 Å². The van der Waals surface area contributed by atoms with Crippen LogP contribution in [-0.4, -0.2) is 39.3 Å². The maximum atomic E-state index is 5.78. The fourth-order valence-corrected chi connectivity index (χ4v) is 3.08. The van der Waals surface area contributed by atoms with Gasteiger partial charge in [-0.05, 0) is 51.4 Å². The molecule has 0 radical (unpaired) electrons. The summed E-state index contributed by atoms with van der Waals surface area (Å²) in [6, 6.07) is 5.90. The lowest BCUT2D eigenvalue weighted by atomic mass is 10.1. The van der Waals surface area contributed by atoms with Crippen LogP contribution in [0.5, 0.6) is 0 Å². The van der Waals surface area contributed by atoms with Gasteiger partial charge in [-0.1, -0.05) is 6.07 Å². The Morgan fingerprint density at radius 1 is 1.33 bits per heavy atom. The zero-order valence-corrected chi connectivity index (χ0v) is 12.8. The van der Waals surface area contributed by atoms with Gasteiger partial charge in [-0.25, -0.2) is 9.67 Å². The third-order valence-electron chi connectivity index (χ3n) is 4.39. The Hall–Kier alpha value is -1.72. The van der Waals surface area contributed by atoms with Crippen molar-refractivity contribution in [1.82, 2.24) is 19.7 Å². The van der Waals surface area contributed by atoms with E-state index in [4.69, 9.17) is 5.73 Å². The van der Waals surface area contributed by atoms with Crippen LogP contribution in [0.15, 0.2) is 24.4 Å². The Bertz CT molecular complexity index is 605. The average molecular weight is 285 g/mol. The number of nitrogens with zero attached hydrogens (tertiary/aromatic N) is 4. The quantitative estimate of drug-likeness (QED) is 0.928. The van der Waals surface area contributed by atoms with Crippen LogP contribution < -0.4 is 5.73 Å². The van der Waals surface area contributed by atoms with Crippen LogP contribution in [-0.2, 0) is 6.54 Å². The summed E-state index contributed by atoms with van der Waals surface area (Å²) in [5.41, 5.74) is 9.37. The third-order valence-corrected chi connectivity index (χ3v) is 4.39. The van der Waals surface area contributed by atoms with Gasteiger partial charge in [-0.2, -0.15) is 5.10 Å². The summed E-state index contributed by atoms with van der Waals surface area (Å²) in [6.45, 7) is 8.20. The van der Waals surface area contributed by atoms with Crippen molar-refractivity contribution in [3.8, 4) is 5.82 Å². The molecule has 0 amide bonds. The molecule has 3 rings (SSSR count). The van der Waals surface area contributed by atoms with Crippen LogP contribution in [0.25, 0.3) is 5.82 Å². The summed E-state index contributed by atoms with van der Waals surface area (Å²) in [5.74, 6) is 1.53. The second-order valence-corrected chi connectivity index (χ2v) is 5.87. The van der Waals surface area contributed by atoms with Crippen LogP contribution in [0.2, 0.25) is 0 Å². The van der Waals surface area contributed by atoms with Crippen molar-refractivity contribution < 1.29 is 0 Å². The highest BCUT2D eigenvalue weighted by molar-refractivity contribution is 5.32. The molecule has 0 saturated carbocycles. The van der Waals surface area contributed by atoms with Crippen molar-refractivity contribution in [2.24, 2.45) is 11.7 Å². The molecule has 0 aliphatic carbocycles. The van der Waals surface area contributed by atoms with E-state index in [0.29, 0.717) is 5.92 Å². The first-order chi connectivity index (χ1) is 10.2. The Kier molecular flexibility index (Phi) is 4.03. The normalized spacial score (nSPS) is 19.3. The van der Waals surface area contributed by atoms with Crippen molar-refractivity contribution >= 4 is 0 Å². The van der Waals surface area contributed by atoms with E-state index in [1.807, 2.05) is 22.9 Å². The number of pyridine rings is 1. The molecule has 1 aliphatic heterocycles. The molecule has 1 fully saturated rings. The Morgan fingerprint density at radius 2 is 2.19 bits per heavy atom. The molecule has 3 heterocycles. The highest BCUT2D eigenvalue weighted by Crippen LogP contribution is 2.22. The molecular weight excluding hydrogens is 262 g/mol. The minimum Gasteiger partial charge on any atom is -0.330 e. The van der Waals surface area contributed by atoms with Gasteiger partial charge in [0.1, 0.15) is 0 Å². The first-order valence-corrected chi connectivity index (χ1v) is 7.58. The van der Waals surface area contributed by atoms with E-state index in [2.05, 4.69) is 28.8 Å². The molecule has 21 heavy (non-hydrogen) atoms. The van der Waals surface area contributed by atoms with Crippen LogP contribution in [0, 0.1) is 19.8 Å². The number of hydrogen-bond donors (Lipinski definition) is 1. The highest BCUT2D eigenvalue weighted by atomic mass is 15.3. The first-order valence-electron chi connectivity index (χ1n) is 7.58. The minimum absolute atomic E-state index is 0.649. The maximum absolute atomic E-state index is 5.78. The van der Waals surface area contributed by atoms with E-state index < -0.39 is 0 Å². The van der Waals surface area contributed by atoms with Crippen LogP contribution in [0.1, 0.15) is 23.4 Å². The topological polar surface area (TPSA) is 60.0 Å². The van der Waals surface area contributed by atoms with Gasteiger partial charge in [0.25, 0.3) is 0 Å². The molecule has 0 aromatic carbocycles. The van der Waals surface area contributed by atoms with Crippen molar-refractivity contribution in [2.75, 3.05) is 19.6 Å². The number of likely N-dealkylation sites (tertiary alicyclic amines) is 1. The Balaban J connectivity index is 1.82. The lowest BCUT2D eigenvalue weighted by Crippen LogP contribution is -2.23. The molecule has 0 spiro atoms. The van der Waals surface area contributed by atoms with Crippen LogP contribution in [0.3, 0.4) is 0 Å². The van der Waals surface area contributed by atoms with Gasteiger partial charge in [-0.15, -0.1) is 0 Å². The Labute approximate surface area is 125 Å². The lowest BCUT2D eigenvalue weighted by molar-refractivity contribution is 0.316. The van der Waals surface area contributed by atoms with Gasteiger partial charge in [0.2, 0.25) is 0 Å². The molecule has 0 bridgehead atoms. The van der Waals surface area contributed by atoms with Gasteiger partial charge in [0, 0.05) is 30.5 Å². The van der Waals surface area contributed by atoms with Crippen LogP contribution >= 0.6 is 0 Å². The van der Waals surface area contributed by atoms with E-state index in [1.54, 1.807) is 6.20 Å². The standard InChI is InChI=1S/C16H23N5/c1-12-15(11-20-8-6-14(9-17)10-20)13(2)21(19-12)16-5-3-4-7-18-16/h3-5,7,14H,6,8-11,17H2,1-2H3. The van der Waals surface area contributed by atoms with Crippen molar-refractivity contribution in [3.05, 3.63) is 41.3 Å². The average Bonchev–Trinajstić information content (AvgIpc) is 3.08. The monoisotopic (exact) mass is 285 g/mol. The molecule has 2 aromatic rings. The number of hydrogen-bond acceptors (Lipinski definition) is 4. The minimum atomic E-state index is 0.649. The fourth-order valence-electron chi connectivity index (χ4n) is 3.08. The number of rotatable bonds is 4. The van der Waals surface area contributed by atoms with Crippen molar-refractivity contribution in [2.45, 2.75) is 26.8 Å². The molecule has 2 aromatic heterocycles. The molecular formula is C16H23N5. The smallest absolute Gasteiger partial charge is 0.153 e. The molecule has 1 aliphatic rings. The predicted molar refractivity (Wildman–Crippen MR) is 83.3 cm³/mol. The second kappa shape index (κ2) is 5.95. The van der Waals surface area contributed by atoms with Crippen molar-refractivity contribution in [1.29, 1.82) is 0 Å². The van der Waals surface area contributed by atoms with Crippen LogP contribution in [0.4, 0.5) is 0 Å². The highest BCUT2D eigenvalue weighted by Gasteiger charge is 2.23. The zero-order chi connectivity index (χ0) is 14.8. The Morgan fingerprint density at radius 3 is 2.86 bits per heavy atom. The molecule has 5 heteroatoms. The van der Waals surface area contributed by atoms with E-state index in [9.17, 15) is 0 Å². The molecule has 1 saturated heterocycles. The summed E-state index contributed by atoms with van der Waals surface area (Å²) in [7, 11) is 0. The van der Waals surface area contributed by atoms with Gasteiger partial charge in [0.15, 0.2) is 5.82 Å². The number of nitrogens with two attached hydrogens (primary N) is 1. The number of aromatic nitrogens is 3. The molecule has 5 nitrogen and oxygen atoms in total. The first kappa shape index (κ1) is 14.2. The maximum Gasteiger partial charge on any atom is 0.153 e. The summed E-state index contributed by atoms with van der Waals surface area (Å²) in [5, 5.41) is 4.66. The summed E-state index contributed by atoms with van der Waals surface area (Å²) >= 11 is 0. The summed E-state index contributed by atoms with van der Waals surface area (Å²) < 4.78 is 1.95. The molecule has 112 valence electrons. The molecule has 1 atom stereocenters. The van der Waals surface area contributed by atoms with Gasteiger partial charge in [0.05, 0.1) is 5.69 Å². The molecule has 2 N–H and O–H groups in total. The summed E-state index contributed by atoms with van der Waals surface area (Å²) in [6.07, 6.45) is 3.01. The second-order valence-electron chi connectivity index (χ2n) is 5.87. The van der Waals surface area contributed by atoms with E-state index in [0.717, 1.165) is 37.7 Å². The third kappa shape index (κ3) is 2.84. The zero-order valence-electron chi connectivity index (χ0n) is 12.8. The van der Waals surface area contributed by atoms with E-state index in [1.165, 1.54) is 17.7 Å². The largest absolute Gasteiger partial charge is 0.330 e. The lowest BCUT2D eigenvalue weighted by Gasteiger charge is -2.16. The SMILES string of the molecule is Cc1nn(-c2ccccn2)c(C)c1CN1CCC(CN)C1. The molecule has 1 unspecified atom stereocenters. The number of aryl methyl sites for hydroxylation is 1. The summed E-state index contributed by atoms with van der Waals surface area (Å²) in [4.78, 5) is 6.88. The van der Waals surface area contributed by atoms with E-state index in [-0.39, 0.29) is 0 Å². The predicted octanol–water partition coefficient (Wildman–Crippen LogP) is 1.66. The van der Waals surface area contributed by atoms with E-state index >= 15 is 0 Å². The van der Waals surface area contributed by atoms with Crippen molar-refractivity contribution in [3.63, 3.8) is 0 Å². The van der Waals surface area contributed by atoms with Gasteiger partial charge >= 0.3 is 0 Å². The van der Waals surface area contributed by atoms with Gasteiger partial charge in [-0.3, -0.25) is 4.90 Å². The fraction of sp³-hybridized carbons (Fsp3) is 0.500.